The van der Waals surface area contributed by atoms with E-state index in [4.69, 9.17) is 5.84 Å². The Morgan fingerprint density at radius 1 is 1.10 bits per heavy atom. The molecule has 4 N–H and O–H groups in total. The summed E-state index contributed by atoms with van der Waals surface area (Å²) >= 11 is 0. The van der Waals surface area contributed by atoms with Crippen LogP contribution in [0.15, 0.2) is 30.3 Å². The number of hydrogen-bond acceptors (Lipinski definition) is 5. The largest absolute Gasteiger partial charge is 0.340 e. The highest BCUT2D eigenvalue weighted by molar-refractivity contribution is 5.62. The van der Waals surface area contributed by atoms with Gasteiger partial charge in [-0.05, 0) is 24.5 Å². The van der Waals surface area contributed by atoms with Crippen molar-refractivity contribution in [1.82, 2.24) is 9.97 Å². The van der Waals surface area contributed by atoms with Crippen LogP contribution in [-0.4, -0.2) is 9.97 Å². The maximum atomic E-state index is 5.47. The van der Waals surface area contributed by atoms with Gasteiger partial charge in [-0.3, -0.25) is 0 Å². The second kappa shape index (κ2) is 6.86. The van der Waals surface area contributed by atoms with E-state index in [1.807, 2.05) is 18.2 Å². The summed E-state index contributed by atoms with van der Waals surface area (Å²) < 4.78 is 0. The van der Waals surface area contributed by atoms with Gasteiger partial charge in [0.15, 0.2) is 0 Å². The summed E-state index contributed by atoms with van der Waals surface area (Å²) in [6.45, 7) is 4.24. The molecule has 1 aromatic heterocycles. The van der Waals surface area contributed by atoms with Crippen LogP contribution in [0.1, 0.15) is 31.7 Å². The summed E-state index contributed by atoms with van der Waals surface area (Å²) in [5, 5.41) is 3.35. The number of hydrazine groups is 1. The molecule has 20 heavy (non-hydrogen) atoms. The summed E-state index contributed by atoms with van der Waals surface area (Å²) in [5.74, 6) is 7.64. The highest BCUT2D eigenvalue weighted by Gasteiger charge is 2.06. The normalized spacial score (nSPS) is 10.3. The molecule has 5 nitrogen and oxygen atoms in total. The molecule has 0 aliphatic rings. The first-order chi connectivity index (χ1) is 9.76. The fourth-order valence-corrected chi connectivity index (χ4v) is 2.06. The molecule has 0 fully saturated rings. The van der Waals surface area contributed by atoms with Gasteiger partial charge >= 0.3 is 0 Å². The lowest BCUT2D eigenvalue weighted by atomic mass is 10.1. The number of benzene rings is 1. The van der Waals surface area contributed by atoms with Crippen LogP contribution in [0.3, 0.4) is 0 Å². The van der Waals surface area contributed by atoms with Crippen molar-refractivity contribution in [2.24, 2.45) is 5.84 Å². The van der Waals surface area contributed by atoms with Crippen LogP contribution in [0.25, 0.3) is 0 Å². The molecule has 0 saturated heterocycles. The van der Waals surface area contributed by atoms with Crippen LogP contribution in [0.5, 0.6) is 0 Å². The number of nitrogens with zero attached hydrogens (tertiary/aromatic N) is 2. The second-order valence-corrected chi connectivity index (χ2v) is 4.58. The van der Waals surface area contributed by atoms with Crippen molar-refractivity contribution < 1.29 is 0 Å². The van der Waals surface area contributed by atoms with E-state index in [0.717, 1.165) is 36.6 Å². The van der Waals surface area contributed by atoms with Crippen molar-refractivity contribution in [2.75, 3.05) is 10.7 Å². The Bertz CT molecular complexity index is 568. The molecule has 0 spiro atoms. The number of hydrogen-bond donors (Lipinski definition) is 3. The van der Waals surface area contributed by atoms with Gasteiger partial charge in [0.05, 0.1) is 0 Å². The third kappa shape index (κ3) is 3.45. The van der Waals surface area contributed by atoms with Gasteiger partial charge in [-0.15, -0.1) is 0 Å². The lowest BCUT2D eigenvalue weighted by molar-refractivity contribution is 0.837. The number of nitrogens with one attached hydrogen (secondary N) is 2. The average Bonchev–Trinajstić information content (AvgIpc) is 2.48. The molecule has 0 amide bonds. The van der Waals surface area contributed by atoms with Gasteiger partial charge < -0.3 is 10.7 Å². The van der Waals surface area contributed by atoms with Gasteiger partial charge in [0, 0.05) is 18.2 Å². The first-order valence-electron chi connectivity index (χ1n) is 6.96. The quantitative estimate of drug-likeness (QED) is 0.556. The van der Waals surface area contributed by atoms with Crippen molar-refractivity contribution in [3.8, 4) is 0 Å². The SMILES string of the molecule is CCCc1nc(NN)cc(Nc2ccccc2CC)n1. The Kier molecular flexibility index (Phi) is 4.90. The van der Waals surface area contributed by atoms with Gasteiger partial charge in [0.2, 0.25) is 0 Å². The van der Waals surface area contributed by atoms with E-state index in [-0.39, 0.29) is 0 Å². The number of aryl methyl sites for hydroxylation is 2. The van der Waals surface area contributed by atoms with Crippen LogP contribution >= 0.6 is 0 Å². The van der Waals surface area contributed by atoms with Crippen molar-refractivity contribution in [2.45, 2.75) is 33.1 Å². The monoisotopic (exact) mass is 271 g/mol. The summed E-state index contributed by atoms with van der Waals surface area (Å²) in [7, 11) is 0. The van der Waals surface area contributed by atoms with E-state index in [9.17, 15) is 0 Å². The Balaban J connectivity index is 2.30. The number of para-hydroxylation sites is 1. The Morgan fingerprint density at radius 3 is 2.55 bits per heavy atom. The van der Waals surface area contributed by atoms with E-state index < -0.39 is 0 Å². The van der Waals surface area contributed by atoms with Crippen molar-refractivity contribution in [1.29, 1.82) is 0 Å². The fourth-order valence-electron chi connectivity index (χ4n) is 2.06. The predicted octanol–water partition coefficient (Wildman–Crippen LogP) is 3.02. The second-order valence-electron chi connectivity index (χ2n) is 4.58. The van der Waals surface area contributed by atoms with Crippen molar-refractivity contribution >= 4 is 17.3 Å². The molecule has 0 unspecified atom stereocenters. The van der Waals surface area contributed by atoms with Gasteiger partial charge in [-0.25, -0.2) is 15.8 Å². The standard InChI is InChI=1S/C15H21N5/c1-3-7-13-18-14(10-15(19-13)20-16)17-12-9-6-5-8-11(12)4-2/h5-6,8-10H,3-4,7,16H2,1-2H3,(H2,17,18,19,20). The van der Waals surface area contributed by atoms with Crippen LogP contribution in [0.2, 0.25) is 0 Å². The lowest BCUT2D eigenvalue weighted by Crippen LogP contribution is -2.11. The lowest BCUT2D eigenvalue weighted by Gasteiger charge is -2.12. The first kappa shape index (κ1) is 14.3. The molecule has 0 aliphatic heterocycles. The maximum Gasteiger partial charge on any atom is 0.145 e. The van der Waals surface area contributed by atoms with E-state index in [1.165, 1.54) is 5.56 Å². The minimum absolute atomic E-state index is 0.625. The molecule has 0 radical (unpaired) electrons. The average molecular weight is 271 g/mol. The predicted molar refractivity (Wildman–Crippen MR) is 82.9 cm³/mol. The maximum absolute atomic E-state index is 5.47. The number of anilines is 3. The van der Waals surface area contributed by atoms with E-state index in [1.54, 1.807) is 0 Å². The molecule has 2 rings (SSSR count). The minimum atomic E-state index is 0.625. The zero-order valence-electron chi connectivity index (χ0n) is 12.0. The zero-order valence-corrected chi connectivity index (χ0v) is 12.0. The molecular weight excluding hydrogens is 250 g/mol. The number of nitrogens with two attached hydrogens (primary N) is 1. The molecular formula is C15H21N5. The summed E-state index contributed by atoms with van der Waals surface area (Å²) in [4.78, 5) is 8.86. The molecule has 0 bridgehead atoms. The van der Waals surface area contributed by atoms with Crippen LogP contribution in [-0.2, 0) is 12.8 Å². The van der Waals surface area contributed by atoms with Gasteiger partial charge in [-0.1, -0.05) is 32.0 Å². The summed E-state index contributed by atoms with van der Waals surface area (Å²) in [6.07, 6.45) is 2.80. The minimum Gasteiger partial charge on any atom is -0.340 e. The van der Waals surface area contributed by atoms with E-state index >= 15 is 0 Å². The molecule has 0 saturated carbocycles. The highest BCUT2D eigenvalue weighted by Crippen LogP contribution is 2.21. The van der Waals surface area contributed by atoms with Crippen LogP contribution in [0.4, 0.5) is 17.3 Å². The molecule has 1 heterocycles. The third-order valence-corrected chi connectivity index (χ3v) is 3.05. The molecule has 5 heteroatoms. The number of aromatic nitrogens is 2. The van der Waals surface area contributed by atoms with Gasteiger partial charge in [-0.2, -0.15) is 0 Å². The fraction of sp³-hybridized carbons (Fsp3) is 0.333. The van der Waals surface area contributed by atoms with Crippen molar-refractivity contribution in [3.63, 3.8) is 0 Å². The Morgan fingerprint density at radius 2 is 1.85 bits per heavy atom. The topological polar surface area (TPSA) is 75.9 Å². The number of rotatable bonds is 6. The summed E-state index contributed by atoms with van der Waals surface area (Å²) in [6, 6.07) is 10.0. The molecule has 0 aliphatic carbocycles. The number of nitrogen functional groups attached to an aromatic ring is 1. The van der Waals surface area contributed by atoms with Crippen LogP contribution < -0.4 is 16.6 Å². The molecule has 106 valence electrons. The molecule has 1 aromatic carbocycles. The molecule has 2 aromatic rings. The van der Waals surface area contributed by atoms with E-state index in [0.29, 0.717) is 5.82 Å². The first-order valence-corrected chi connectivity index (χ1v) is 6.96. The zero-order chi connectivity index (χ0) is 14.4. The molecule has 0 atom stereocenters. The summed E-state index contributed by atoms with van der Waals surface area (Å²) in [5.41, 5.74) is 4.91. The smallest absolute Gasteiger partial charge is 0.145 e. The van der Waals surface area contributed by atoms with Crippen LogP contribution in [0, 0.1) is 0 Å². The van der Waals surface area contributed by atoms with E-state index in [2.05, 4.69) is 46.7 Å². The van der Waals surface area contributed by atoms with Gasteiger partial charge in [0.25, 0.3) is 0 Å². The Labute approximate surface area is 119 Å². The third-order valence-electron chi connectivity index (χ3n) is 3.05. The van der Waals surface area contributed by atoms with Crippen molar-refractivity contribution in [3.05, 3.63) is 41.7 Å². The highest BCUT2D eigenvalue weighted by atomic mass is 15.3. The Hall–Kier alpha value is -2.14. The van der Waals surface area contributed by atoms with Gasteiger partial charge in [0.1, 0.15) is 17.5 Å².